The quantitative estimate of drug-likeness (QED) is 0.402. The van der Waals surface area contributed by atoms with Gasteiger partial charge < -0.3 is 4.74 Å². The van der Waals surface area contributed by atoms with Gasteiger partial charge in [-0.15, -0.1) is 5.10 Å². The van der Waals surface area contributed by atoms with E-state index in [1.165, 1.54) is 0 Å². The first-order valence-electron chi connectivity index (χ1n) is 11.2. The summed E-state index contributed by atoms with van der Waals surface area (Å²) < 4.78 is 7.26. The minimum atomic E-state index is -0.816. The van der Waals surface area contributed by atoms with Gasteiger partial charge in [0.2, 0.25) is 5.69 Å². The monoisotopic (exact) mass is 475 g/mol. The van der Waals surface area contributed by atoms with Crippen molar-refractivity contribution in [2.75, 3.05) is 0 Å². The van der Waals surface area contributed by atoms with E-state index in [1.54, 1.807) is 18.2 Å². The maximum Gasteiger partial charge on any atom is 0.349 e. The first-order chi connectivity index (χ1) is 17.3. The third kappa shape index (κ3) is 4.14. The molecule has 0 amide bonds. The maximum absolute atomic E-state index is 12.3. The van der Waals surface area contributed by atoms with Gasteiger partial charge in [-0.1, -0.05) is 30.3 Å². The van der Waals surface area contributed by atoms with Gasteiger partial charge in [-0.2, -0.15) is 9.94 Å². The molecule has 8 heteroatoms. The van der Waals surface area contributed by atoms with Gasteiger partial charge in [-0.3, -0.25) is 9.78 Å². The van der Waals surface area contributed by atoms with Crippen molar-refractivity contribution in [3.63, 3.8) is 0 Å². The van der Waals surface area contributed by atoms with Gasteiger partial charge in [0, 0.05) is 10.9 Å². The number of pyridine rings is 1. The summed E-state index contributed by atoms with van der Waals surface area (Å²) in [6.07, 6.45) is 0. The smallest absolute Gasteiger partial charge is 0.349 e. The van der Waals surface area contributed by atoms with Crippen LogP contribution in [-0.2, 0) is 0 Å². The van der Waals surface area contributed by atoms with E-state index in [0.29, 0.717) is 17.2 Å². The van der Waals surface area contributed by atoms with Gasteiger partial charge >= 0.3 is 5.69 Å². The summed E-state index contributed by atoms with van der Waals surface area (Å²) in [6.45, 7) is 5.76. The zero-order valence-corrected chi connectivity index (χ0v) is 19.9. The van der Waals surface area contributed by atoms with Gasteiger partial charge in [0.1, 0.15) is 17.6 Å². The Morgan fingerprint density at radius 3 is 2.33 bits per heavy atom. The van der Waals surface area contributed by atoms with Gasteiger partial charge in [0.25, 0.3) is 5.56 Å². The van der Waals surface area contributed by atoms with Crippen LogP contribution >= 0.6 is 0 Å². The lowest BCUT2D eigenvalue weighted by molar-refractivity contribution is 0.475. The summed E-state index contributed by atoms with van der Waals surface area (Å²) in [7, 11) is 0. The van der Waals surface area contributed by atoms with Gasteiger partial charge in [0.15, 0.2) is 0 Å². The number of nitrogens with one attached hydrogen (secondary N) is 1. The summed E-state index contributed by atoms with van der Waals surface area (Å²) in [5.41, 5.74) is 3.96. The van der Waals surface area contributed by atoms with Crippen LogP contribution in [0.1, 0.15) is 22.4 Å². The lowest BCUT2D eigenvalue weighted by Crippen LogP contribution is -2.33. The molecule has 0 radical (unpaired) electrons. The number of aromatic nitrogens is 4. The number of hydrogen-bond acceptors (Lipinski definition) is 6. The fourth-order valence-corrected chi connectivity index (χ4v) is 4.17. The molecule has 0 saturated heterocycles. The number of nitrogens with zero attached hydrogens (tertiary/aromatic N) is 4. The van der Waals surface area contributed by atoms with Crippen LogP contribution in [0.3, 0.4) is 0 Å². The average Bonchev–Trinajstić information content (AvgIpc) is 2.87. The second-order valence-corrected chi connectivity index (χ2v) is 8.51. The van der Waals surface area contributed by atoms with Crippen molar-refractivity contribution >= 4 is 10.9 Å². The molecule has 0 bridgehead atoms. The molecule has 36 heavy (non-hydrogen) atoms. The van der Waals surface area contributed by atoms with Crippen LogP contribution in [0, 0.1) is 32.1 Å². The first-order valence-corrected chi connectivity index (χ1v) is 11.2. The van der Waals surface area contributed by atoms with Crippen LogP contribution in [-0.4, -0.2) is 19.7 Å². The van der Waals surface area contributed by atoms with Crippen LogP contribution in [0.2, 0.25) is 0 Å². The topological polar surface area (TPSA) is 114 Å². The lowest BCUT2D eigenvalue weighted by Gasteiger charge is -2.15. The molecule has 0 aliphatic carbocycles. The third-order valence-electron chi connectivity index (χ3n) is 5.90. The number of rotatable bonds is 4. The fraction of sp³-hybridized carbons (Fsp3) is 0.107. The van der Waals surface area contributed by atoms with E-state index in [1.807, 2.05) is 62.4 Å². The number of aryl methyl sites for hydroxylation is 3. The Bertz CT molecular complexity index is 1770. The second kappa shape index (κ2) is 8.96. The van der Waals surface area contributed by atoms with Gasteiger partial charge in [-0.05, 0) is 73.9 Å². The van der Waals surface area contributed by atoms with Crippen molar-refractivity contribution in [3.8, 4) is 34.5 Å². The van der Waals surface area contributed by atoms with Crippen molar-refractivity contribution in [3.05, 3.63) is 110 Å². The Kier molecular flexibility index (Phi) is 5.66. The molecule has 2 heterocycles. The number of aromatic amines is 1. The zero-order valence-electron chi connectivity index (χ0n) is 19.9. The Morgan fingerprint density at radius 1 is 0.917 bits per heavy atom. The van der Waals surface area contributed by atoms with Crippen LogP contribution in [0.15, 0.2) is 76.3 Å². The number of fused-ring (bicyclic) bond motifs is 1. The molecule has 0 unspecified atom stereocenters. The molecule has 5 rings (SSSR count). The average molecular weight is 476 g/mol. The highest BCUT2D eigenvalue weighted by molar-refractivity contribution is 5.86. The van der Waals surface area contributed by atoms with E-state index in [-0.39, 0.29) is 5.69 Å². The van der Waals surface area contributed by atoms with Crippen LogP contribution in [0.4, 0.5) is 0 Å². The minimum Gasteiger partial charge on any atom is -0.457 e. The number of ether oxygens (including phenoxy) is 1. The van der Waals surface area contributed by atoms with Crippen LogP contribution in [0.25, 0.3) is 27.8 Å². The van der Waals surface area contributed by atoms with E-state index in [9.17, 15) is 9.59 Å². The first kappa shape index (κ1) is 22.7. The van der Waals surface area contributed by atoms with Crippen molar-refractivity contribution in [1.82, 2.24) is 19.7 Å². The maximum atomic E-state index is 12.3. The highest BCUT2D eigenvalue weighted by Gasteiger charge is 2.14. The summed E-state index contributed by atoms with van der Waals surface area (Å²) >= 11 is 0. The molecular weight excluding hydrogens is 454 g/mol. The molecule has 0 atom stereocenters. The summed E-state index contributed by atoms with van der Waals surface area (Å²) in [4.78, 5) is 30.9. The van der Waals surface area contributed by atoms with Crippen molar-refractivity contribution in [1.29, 1.82) is 5.26 Å². The van der Waals surface area contributed by atoms with E-state index in [0.717, 1.165) is 43.5 Å². The van der Waals surface area contributed by atoms with Crippen molar-refractivity contribution in [2.45, 2.75) is 20.8 Å². The van der Waals surface area contributed by atoms with E-state index >= 15 is 0 Å². The molecule has 0 spiro atoms. The summed E-state index contributed by atoms with van der Waals surface area (Å²) in [6, 6.07) is 23.0. The SMILES string of the molecule is Cc1cc(-n2nc(C#N)c(=O)[nH]c2=O)cc(C)c1Oc1ccc2nc(-c3ccccc3)cc(C)c2c1. The molecule has 0 aliphatic rings. The van der Waals surface area contributed by atoms with Crippen molar-refractivity contribution in [2.24, 2.45) is 0 Å². The van der Waals surface area contributed by atoms with E-state index in [4.69, 9.17) is 15.0 Å². The Balaban J connectivity index is 1.50. The second-order valence-electron chi connectivity index (χ2n) is 8.51. The third-order valence-corrected chi connectivity index (χ3v) is 5.90. The van der Waals surface area contributed by atoms with Crippen LogP contribution < -0.4 is 16.0 Å². The van der Waals surface area contributed by atoms with Crippen LogP contribution in [0.5, 0.6) is 11.5 Å². The molecule has 8 nitrogen and oxygen atoms in total. The Morgan fingerprint density at radius 2 is 1.64 bits per heavy atom. The van der Waals surface area contributed by atoms with E-state index in [2.05, 4.69) is 23.1 Å². The lowest BCUT2D eigenvalue weighted by atomic mass is 10.0. The Labute approximate surface area is 206 Å². The molecular formula is C28H21N5O3. The summed E-state index contributed by atoms with van der Waals surface area (Å²) in [5.74, 6) is 1.30. The highest BCUT2D eigenvalue weighted by Crippen LogP contribution is 2.33. The predicted molar refractivity (Wildman–Crippen MR) is 137 cm³/mol. The van der Waals surface area contributed by atoms with Gasteiger partial charge in [0.05, 0.1) is 16.9 Å². The molecule has 0 fully saturated rings. The van der Waals surface area contributed by atoms with Crippen molar-refractivity contribution < 1.29 is 4.74 Å². The largest absolute Gasteiger partial charge is 0.457 e. The molecule has 1 N–H and O–H groups in total. The Hall–Kier alpha value is -5.03. The standard InChI is InChI=1S/C28H21N5O3/c1-16-13-24(19-7-5-4-6-8-19)30-23-10-9-21(14-22(16)23)36-26-17(2)11-20(12-18(26)3)33-28(35)31-27(34)25(15-29)32-33/h4-14H,1-3H3,(H,31,34,35). The molecule has 0 saturated carbocycles. The molecule has 5 aromatic rings. The number of H-pyrrole nitrogens is 1. The molecule has 176 valence electrons. The molecule has 3 aromatic carbocycles. The van der Waals surface area contributed by atoms with E-state index < -0.39 is 11.2 Å². The number of nitriles is 1. The minimum absolute atomic E-state index is 0.388. The fourth-order valence-electron chi connectivity index (χ4n) is 4.17. The normalized spacial score (nSPS) is 10.8. The summed E-state index contributed by atoms with van der Waals surface area (Å²) in [5, 5.41) is 14.0. The highest BCUT2D eigenvalue weighted by atomic mass is 16.5. The molecule has 0 aliphatic heterocycles. The van der Waals surface area contributed by atoms with Gasteiger partial charge in [-0.25, -0.2) is 9.78 Å². The predicted octanol–water partition coefficient (Wildman–Crippen LogP) is 4.73. The molecule has 2 aromatic heterocycles. The zero-order chi connectivity index (χ0) is 25.4. The number of hydrogen-bond donors (Lipinski definition) is 1. The number of benzene rings is 3.